The van der Waals surface area contributed by atoms with Crippen molar-refractivity contribution in [3.63, 3.8) is 0 Å². The van der Waals surface area contributed by atoms with Crippen molar-refractivity contribution in [2.24, 2.45) is 0 Å². The molecule has 0 saturated heterocycles. The lowest BCUT2D eigenvalue weighted by molar-refractivity contribution is 0.0924. The Hall–Kier alpha value is -1.95. The highest BCUT2D eigenvalue weighted by Gasteiger charge is 2.13. The van der Waals surface area contributed by atoms with Crippen LogP contribution in [-0.4, -0.2) is 16.7 Å². The van der Waals surface area contributed by atoms with E-state index >= 15 is 0 Å². The van der Waals surface area contributed by atoms with Gasteiger partial charge >= 0.3 is 0 Å². The molecule has 1 N–H and O–H groups in total. The summed E-state index contributed by atoms with van der Waals surface area (Å²) in [6.07, 6.45) is 0.841. The molecule has 112 valence electrons. The van der Waals surface area contributed by atoms with Gasteiger partial charge in [0, 0.05) is 11.4 Å². The number of benzene rings is 1. The topological polar surface area (TPSA) is 59.3 Å². The van der Waals surface area contributed by atoms with Crippen molar-refractivity contribution < 1.29 is 17.8 Å². The molecule has 0 spiro atoms. The van der Waals surface area contributed by atoms with Gasteiger partial charge in [-0.3, -0.25) is 9.00 Å². The molecule has 1 atom stereocenters. The van der Waals surface area contributed by atoms with Crippen LogP contribution < -0.4 is 5.32 Å². The molecule has 1 heterocycles. The number of halogens is 1. The Morgan fingerprint density at radius 1 is 1.24 bits per heavy atom. The zero-order chi connectivity index (χ0) is 15.2. The molecule has 0 fully saturated rings. The summed E-state index contributed by atoms with van der Waals surface area (Å²) < 4.78 is 30.3. The fourth-order valence-electron chi connectivity index (χ4n) is 1.70. The van der Waals surface area contributed by atoms with Gasteiger partial charge in [-0.25, -0.2) is 4.39 Å². The van der Waals surface area contributed by atoms with E-state index in [1.54, 1.807) is 12.1 Å². The highest BCUT2D eigenvalue weighted by molar-refractivity contribution is 7.84. The van der Waals surface area contributed by atoms with E-state index in [1.165, 1.54) is 24.3 Å². The highest BCUT2D eigenvalue weighted by Crippen LogP contribution is 2.15. The maximum absolute atomic E-state index is 12.8. The second-order valence-corrected chi connectivity index (χ2v) is 5.92. The lowest BCUT2D eigenvalue weighted by Crippen LogP contribution is -2.23. The number of amides is 1. The number of carbonyl (C=O) groups excluding carboxylic acids is 1. The summed E-state index contributed by atoms with van der Waals surface area (Å²) in [7, 11) is -1.34. The second-order valence-electron chi connectivity index (χ2n) is 4.47. The number of nitrogens with one attached hydrogen (secondary N) is 1. The minimum atomic E-state index is -1.34. The summed E-state index contributed by atoms with van der Waals surface area (Å²) in [5, 5.41) is 2.70. The molecule has 4 nitrogen and oxygen atoms in total. The summed E-state index contributed by atoms with van der Waals surface area (Å²) in [6.45, 7) is 2.54. The number of carbonyl (C=O) groups is 1. The van der Waals surface area contributed by atoms with Gasteiger partial charge in [-0.05, 0) is 42.8 Å². The molecule has 0 unspecified atom stereocenters. The minimum absolute atomic E-state index is 0.146. The summed E-state index contributed by atoms with van der Waals surface area (Å²) in [4.78, 5) is 12.2. The monoisotopic (exact) mass is 309 g/mol. The van der Waals surface area contributed by atoms with Crippen LogP contribution in [0.4, 0.5) is 4.39 Å². The van der Waals surface area contributed by atoms with Crippen LogP contribution in [0, 0.1) is 5.82 Å². The molecule has 0 aliphatic carbocycles. The number of furan rings is 1. The van der Waals surface area contributed by atoms with Crippen LogP contribution in [0.25, 0.3) is 0 Å². The molecule has 6 heteroatoms. The third kappa shape index (κ3) is 4.26. The van der Waals surface area contributed by atoms with Crippen LogP contribution in [0.1, 0.15) is 29.7 Å². The van der Waals surface area contributed by atoms with Crippen molar-refractivity contribution in [2.45, 2.75) is 24.0 Å². The van der Waals surface area contributed by atoms with Crippen LogP contribution in [-0.2, 0) is 16.6 Å². The quantitative estimate of drug-likeness (QED) is 0.892. The van der Waals surface area contributed by atoms with Crippen LogP contribution >= 0.6 is 0 Å². The Labute approximate surface area is 124 Å². The number of hydrogen-bond acceptors (Lipinski definition) is 3. The summed E-state index contributed by atoms with van der Waals surface area (Å²) >= 11 is 0. The predicted octanol–water partition coefficient (Wildman–Crippen LogP) is 2.87. The van der Waals surface area contributed by atoms with Gasteiger partial charge in [-0.2, -0.15) is 0 Å². The molecule has 0 bridgehead atoms. The highest BCUT2D eigenvalue weighted by atomic mass is 32.2. The lowest BCUT2D eigenvalue weighted by Gasteiger charge is -2.01. The smallest absolute Gasteiger partial charge is 0.286 e. The molecule has 1 aromatic carbocycles. The Morgan fingerprint density at radius 3 is 2.62 bits per heavy atom. The van der Waals surface area contributed by atoms with E-state index in [-0.39, 0.29) is 23.2 Å². The molecule has 1 amide bonds. The van der Waals surface area contributed by atoms with Crippen LogP contribution in [0.3, 0.4) is 0 Å². The molecular formula is C15H16FNO3S. The first-order valence-electron chi connectivity index (χ1n) is 6.61. The summed E-state index contributed by atoms with van der Waals surface area (Å²) in [5.41, 5.74) is 0. The van der Waals surface area contributed by atoms with Gasteiger partial charge in [0.2, 0.25) is 0 Å². The van der Waals surface area contributed by atoms with Crippen molar-refractivity contribution >= 4 is 16.7 Å². The predicted molar refractivity (Wildman–Crippen MR) is 77.8 cm³/mol. The van der Waals surface area contributed by atoms with Crippen molar-refractivity contribution in [2.75, 3.05) is 6.54 Å². The maximum Gasteiger partial charge on any atom is 0.286 e. The SMILES string of the molecule is CCCNC(=O)c1ccc(C[S@](=O)c2ccc(F)cc2)o1. The van der Waals surface area contributed by atoms with Gasteiger partial charge in [0.05, 0.1) is 16.6 Å². The second kappa shape index (κ2) is 7.17. The van der Waals surface area contributed by atoms with E-state index < -0.39 is 10.8 Å². The zero-order valence-electron chi connectivity index (χ0n) is 11.6. The first kappa shape index (κ1) is 15.4. The molecule has 2 rings (SSSR count). The molecule has 0 aliphatic rings. The van der Waals surface area contributed by atoms with Gasteiger partial charge in [0.25, 0.3) is 5.91 Å². The van der Waals surface area contributed by atoms with Gasteiger partial charge < -0.3 is 9.73 Å². The first-order chi connectivity index (χ1) is 10.1. The van der Waals surface area contributed by atoms with Crippen LogP contribution in [0.5, 0.6) is 0 Å². The largest absolute Gasteiger partial charge is 0.455 e. The standard InChI is InChI=1S/C15H16FNO3S/c1-2-9-17-15(18)14-8-5-12(20-14)10-21(19)13-6-3-11(16)4-7-13/h3-8H,2,9-10H2,1H3,(H,17,18)/t21-/m0/s1. The van der Waals surface area contributed by atoms with E-state index in [9.17, 15) is 13.4 Å². The van der Waals surface area contributed by atoms with E-state index in [2.05, 4.69) is 5.32 Å². The Balaban J connectivity index is 2.00. The van der Waals surface area contributed by atoms with Gasteiger partial charge in [-0.1, -0.05) is 6.92 Å². The Morgan fingerprint density at radius 2 is 1.95 bits per heavy atom. The maximum atomic E-state index is 12.8. The molecule has 0 radical (unpaired) electrons. The summed E-state index contributed by atoms with van der Waals surface area (Å²) in [5.74, 6) is 0.153. The van der Waals surface area contributed by atoms with Crippen molar-refractivity contribution in [1.29, 1.82) is 0 Å². The average molecular weight is 309 g/mol. The Kier molecular flexibility index (Phi) is 5.27. The van der Waals surface area contributed by atoms with E-state index in [0.29, 0.717) is 17.2 Å². The van der Waals surface area contributed by atoms with E-state index in [0.717, 1.165) is 6.42 Å². The fourth-order valence-corrected chi connectivity index (χ4v) is 2.72. The third-order valence-electron chi connectivity index (χ3n) is 2.77. The fraction of sp³-hybridized carbons (Fsp3) is 0.267. The molecular weight excluding hydrogens is 293 g/mol. The normalized spacial score (nSPS) is 12.1. The van der Waals surface area contributed by atoms with Gasteiger partial charge in [0.15, 0.2) is 5.76 Å². The average Bonchev–Trinajstić information content (AvgIpc) is 2.94. The Bertz CT molecular complexity index is 637. The lowest BCUT2D eigenvalue weighted by atomic mass is 10.4. The van der Waals surface area contributed by atoms with E-state index in [1.807, 2.05) is 6.92 Å². The first-order valence-corrected chi connectivity index (χ1v) is 7.93. The van der Waals surface area contributed by atoms with Crippen molar-refractivity contribution in [3.8, 4) is 0 Å². The van der Waals surface area contributed by atoms with Crippen LogP contribution in [0.2, 0.25) is 0 Å². The molecule has 0 saturated carbocycles. The number of rotatable bonds is 6. The third-order valence-corrected chi connectivity index (χ3v) is 4.12. The van der Waals surface area contributed by atoms with Crippen molar-refractivity contribution in [3.05, 3.63) is 53.7 Å². The molecule has 21 heavy (non-hydrogen) atoms. The molecule has 2 aromatic rings. The van der Waals surface area contributed by atoms with Crippen LogP contribution in [0.15, 0.2) is 45.7 Å². The number of hydrogen-bond donors (Lipinski definition) is 1. The van der Waals surface area contributed by atoms with Gasteiger partial charge in [-0.15, -0.1) is 0 Å². The minimum Gasteiger partial charge on any atom is -0.455 e. The molecule has 0 aliphatic heterocycles. The van der Waals surface area contributed by atoms with Crippen molar-refractivity contribution in [1.82, 2.24) is 5.32 Å². The van der Waals surface area contributed by atoms with E-state index in [4.69, 9.17) is 4.42 Å². The summed E-state index contributed by atoms with van der Waals surface area (Å²) in [6, 6.07) is 8.66. The van der Waals surface area contributed by atoms with Gasteiger partial charge in [0.1, 0.15) is 11.6 Å². The zero-order valence-corrected chi connectivity index (χ0v) is 12.4. The molecule has 1 aromatic heterocycles.